The van der Waals surface area contributed by atoms with Gasteiger partial charge in [0.2, 0.25) is 0 Å². The quantitative estimate of drug-likeness (QED) is 0.446. The van der Waals surface area contributed by atoms with E-state index >= 15 is 0 Å². The predicted octanol–water partition coefficient (Wildman–Crippen LogP) is -0.750. The van der Waals surface area contributed by atoms with Gasteiger partial charge in [-0.15, -0.1) is 0 Å². The maximum absolute atomic E-state index is 11.0. The lowest BCUT2D eigenvalue weighted by molar-refractivity contribution is -0.138. The lowest BCUT2D eigenvalue weighted by Gasteiger charge is -2.13. The summed E-state index contributed by atoms with van der Waals surface area (Å²) < 4.78 is 30.6. The van der Waals surface area contributed by atoms with Crippen molar-refractivity contribution < 1.29 is 27.3 Å². The number of carbonyl (C=O) groups is 2. The Morgan fingerprint density at radius 3 is 2.47 bits per heavy atom. The molecule has 0 aromatic carbocycles. The molecule has 3 N–H and O–H groups in total. The van der Waals surface area contributed by atoms with Gasteiger partial charge in [-0.2, -0.15) is 8.42 Å². The predicted molar refractivity (Wildman–Crippen MR) is 58.7 cm³/mol. The zero-order valence-corrected chi connectivity index (χ0v) is 10.2. The van der Waals surface area contributed by atoms with Crippen molar-refractivity contribution in [3.8, 4) is 0 Å². The van der Waals surface area contributed by atoms with Gasteiger partial charge in [-0.3, -0.25) is 4.55 Å². The van der Waals surface area contributed by atoms with Gasteiger partial charge < -0.3 is 15.4 Å². The second-order valence-corrected chi connectivity index (χ2v) is 4.42. The van der Waals surface area contributed by atoms with Gasteiger partial charge >= 0.3 is 12.0 Å². The van der Waals surface area contributed by atoms with Crippen LogP contribution in [0.1, 0.15) is 6.92 Å². The Balaban J connectivity index is 0.000000437. The third-order valence-electron chi connectivity index (χ3n) is 1.35. The van der Waals surface area contributed by atoms with Crippen LogP contribution in [-0.4, -0.2) is 44.4 Å². The lowest BCUT2D eigenvalue weighted by Crippen LogP contribution is -2.40. The summed E-state index contributed by atoms with van der Waals surface area (Å²) in [6.07, 6.45) is 2.07. The molecule has 1 rings (SSSR count). The lowest BCUT2D eigenvalue weighted by atomic mass is 10.2. The number of hydrogen-bond acceptors (Lipinski definition) is 5. The van der Waals surface area contributed by atoms with Crippen molar-refractivity contribution >= 4 is 22.1 Å². The summed E-state index contributed by atoms with van der Waals surface area (Å²) in [7, 11) is -3.67. The molecule has 2 amide bonds. The van der Waals surface area contributed by atoms with Crippen LogP contribution in [-0.2, 0) is 19.6 Å². The van der Waals surface area contributed by atoms with Crippen LogP contribution in [0.25, 0.3) is 0 Å². The third-order valence-corrected chi connectivity index (χ3v) is 1.35. The highest BCUT2D eigenvalue weighted by molar-refractivity contribution is 7.85. The van der Waals surface area contributed by atoms with Crippen molar-refractivity contribution in [2.45, 2.75) is 6.92 Å². The molecule has 0 bridgehead atoms. The standard InChI is InChI=1S/C7H10N2O3.CH4O3S/c1-2-12-6(10)5-3-8-7(11)9-4-5;1-5(2,3)4/h3H,2,4H2,1H3,(H2,8,9,11);1H3,(H,2,3,4). The number of rotatable bonds is 2. The largest absolute Gasteiger partial charge is 0.463 e. The number of carbonyl (C=O) groups excluding carboxylic acids is 2. The van der Waals surface area contributed by atoms with E-state index in [1.807, 2.05) is 0 Å². The second kappa shape index (κ2) is 6.86. The van der Waals surface area contributed by atoms with Gasteiger partial charge in [0, 0.05) is 6.20 Å². The van der Waals surface area contributed by atoms with E-state index in [9.17, 15) is 18.0 Å². The minimum absolute atomic E-state index is 0.227. The first kappa shape index (κ1) is 15.4. The molecule has 0 fully saturated rings. The SMILES string of the molecule is CCOC(=O)C1=CNC(=O)NC1.CS(=O)(=O)O. The first-order valence-electron chi connectivity index (χ1n) is 4.57. The van der Waals surface area contributed by atoms with Crippen LogP contribution in [0.4, 0.5) is 4.79 Å². The summed E-state index contributed by atoms with van der Waals surface area (Å²) in [5.74, 6) is -0.398. The average molecular weight is 266 g/mol. The fourth-order valence-electron chi connectivity index (χ4n) is 0.785. The molecule has 0 atom stereocenters. The molecule has 1 aliphatic heterocycles. The second-order valence-electron chi connectivity index (χ2n) is 2.95. The molecule has 0 aliphatic carbocycles. The van der Waals surface area contributed by atoms with Gasteiger partial charge in [0.25, 0.3) is 10.1 Å². The fraction of sp³-hybridized carbons (Fsp3) is 0.500. The van der Waals surface area contributed by atoms with E-state index < -0.39 is 16.1 Å². The van der Waals surface area contributed by atoms with Crippen LogP contribution in [0, 0.1) is 0 Å². The average Bonchev–Trinajstić information content (AvgIpc) is 2.16. The highest BCUT2D eigenvalue weighted by Crippen LogP contribution is 1.98. The number of esters is 1. The molecule has 0 spiro atoms. The maximum atomic E-state index is 11.0. The summed E-state index contributed by atoms with van der Waals surface area (Å²) in [5, 5.41) is 4.81. The van der Waals surface area contributed by atoms with Crippen molar-refractivity contribution in [3.05, 3.63) is 11.8 Å². The normalized spacial score (nSPS) is 14.5. The van der Waals surface area contributed by atoms with E-state index in [0.717, 1.165) is 0 Å². The molecule has 17 heavy (non-hydrogen) atoms. The third kappa shape index (κ3) is 9.33. The van der Waals surface area contributed by atoms with Crippen LogP contribution < -0.4 is 10.6 Å². The summed E-state index contributed by atoms with van der Waals surface area (Å²) in [6, 6.07) is -0.303. The Bertz CT molecular complexity index is 406. The number of ether oxygens (including phenoxy) is 1. The van der Waals surface area contributed by atoms with Gasteiger partial charge in [-0.05, 0) is 6.92 Å². The minimum Gasteiger partial charge on any atom is -0.463 e. The van der Waals surface area contributed by atoms with E-state index in [-0.39, 0.29) is 12.6 Å². The highest BCUT2D eigenvalue weighted by Gasteiger charge is 2.15. The van der Waals surface area contributed by atoms with Crippen LogP contribution in [0.15, 0.2) is 11.8 Å². The molecule has 1 heterocycles. The van der Waals surface area contributed by atoms with E-state index in [1.54, 1.807) is 6.92 Å². The first-order valence-corrected chi connectivity index (χ1v) is 6.42. The van der Waals surface area contributed by atoms with E-state index in [0.29, 0.717) is 18.4 Å². The smallest absolute Gasteiger partial charge is 0.337 e. The van der Waals surface area contributed by atoms with Gasteiger partial charge in [0.15, 0.2) is 0 Å². The number of nitrogens with one attached hydrogen (secondary N) is 2. The number of amides is 2. The Morgan fingerprint density at radius 2 is 2.12 bits per heavy atom. The van der Waals surface area contributed by atoms with E-state index in [1.165, 1.54) is 6.20 Å². The summed E-state index contributed by atoms with van der Waals surface area (Å²) in [4.78, 5) is 21.6. The Morgan fingerprint density at radius 1 is 1.59 bits per heavy atom. The monoisotopic (exact) mass is 266 g/mol. The molecule has 0 aromatic rings. The van der Waals surface area contributed by atoms with Crippen molar-refractivity contribution in [3.63, 3.8) is 0 Å². The molecule has 1 aliphatic rings. The van der Waals surface area contributed by atoms with Crippen molar-refractivity contribution in [1.82, 2.24) is 10.6 Å². The topological polar surface area (TPSA) is 122 Å². The Hall–Kier alpha value is -1.61. The molecular formula is C8H14N2O6S. The fourth-order valence-corrected chi connectivity index (χ4v) is 0.785. The van der Waals surface area contributed by atoms with Crippen molar-refractivity contribution in [2.75, 3.05) is 19.4 Å². The summed E-state index contributed by atoms with van der Waals surface area (Å²) in [5.41, 5.74) is 0.427. The molecule has 0 aromatic heterocycles. The minimum atomic E-state index is -3.67. The molecule has 0 unspecified atom stereocenters. The van der Waals surface area contributed by atoms with Gasteiger partial charge in [0.1, 0.15) is 0 Å². The first-order chi connectivity index (χ1) is 7.74. The zero-order chi connectivity index (χ0) is 13.5. The molecule has 0 saturated heterocycles. The van der Waals surface area contributed by atoms with Crippen LogP contribution in [0.5, 0.6) is 0 Å². The van der Waals surface area contributed by atoms with Gasteiger partial charge in [-0.25, -0.2) is 9.59 Å². The molecule has 0 saturated carbocycles. The van der Waals surface area contributed by atoms with Crippen LogP contribution in [0.2, 0.25) is 0 Å². The van der Waals surface area contributed by atoms with Crippen LogP contribution in [0.3, 0.4) is 0 Å². The van der Waals surface area contributed by atoms with Crippen molar-refractivity contribution in [2.24, 2.45) is 0 Å². The van der Waals surface area contributed by atoms with Crippen molar-refractivity contribution in [1.29, 1.82) is 0 Å². The summed E-state index contributed by atoms with van der Waals surface area (Å²) >= 11 is 0. The maximum Gasteiger partial charge on any atom is 0.337 e. The molecule has 9 heteroatoms. The zero-order valence-electron chi connectivity index (χ0n) is 9.39. The molecule has 0 radical (unpaired) electrons. The van der Waals surface area contributed by atoms with Crippen LogP contribution >= 0.6 is 0 Å². The Labute approximate surface area is 98.8 Å². The summed E-state index contributed by atoms with van der Waals surface area (Å²) in [6.45, 7) is 2.29. The number of hydrogen-bond donors (Lipinski definition) is 3. The number of urea groups is 1. The van der Waals surface area contributed by atoms with E-state index in [2.05, 4.69) is 10.6 Å². The highest BCUT2D eigenvalue weighted by atomic mass is 32.2. The molecule has 8 nitrogen and oxygen atoms in total. The van der Waals surface area contributed by atoms with E-state index in [4.69, 9.17) is 9.29 Å². The molecular weight excluding hydrogens is 252 g/mol. The molecule has 98 valence electrons. The van der Waals surface area contributed by atoms with Gasteiger partial charge in [-0.1, -0.05) is 0 Å². The Kier molecular flexibility index (Phi) is 6.21. The van der Waals surface area contributed by atoms with Gasteiger partial charge in [0.05, 0.1) is 25.0 Å².